The second kappa shape index (κ2) is 5.76. The van der Waals surface area contributed by atoms with E-state index in [1.165, 1.54) is 17.2 Å². The van der Waals surface area contributed by atoms with Gasteiger partial charge in [-0.15, -0.1) is 0 Å². The number of fused-ring (bicyclic) bond motifs is 1. The minimum atomic E-state index is -1.20. The highest BCUT2D eigenvalue weighted by Gasteiger charge is 2.47. The number of imidazole rings is 1. The molecule has 120 valence electrons. The molecule has 0 aromatic carbocycles. The third-order valence-electron chi connectivity index (χ3n) is 3.90. The Morgan fingerprint density at radius 1 is 1.32 bits per heavy atom. The molecule has 2 aromatic rings. The molecule has 1 unspecified atom stereocenters. The molecule has 22 heavy (non-hydrogen) atoms. The molecule has 0 spiro atoms. The number of aliphatic hydroxyl groups is 3. The van der Waals surface area contributed by atoms with Crippen molar-refractivity contribution >= 4 is 17.0 Å². The van der Waals surface area contributed by atoms with E-state index in [-0.39, 0.29) is 5.82 Å². The zero-order valence-corrected chi connectivity index (χ0v) is 12.1. The summed E-state index contributed by atoms with van der Waals surface area (Å²) in [6.45, 7) is 1.92. The van der Waals surface area contributed by atoms with E-state index in [4.69, 9.17) is 10.5 Å². The number of hydrogen-bond donors (Lipinski definition) is 4. The van der Waals surface area contributed by atoms with Gasteiger partial charge in [0.05, 0.1) is 12.4 Å². The maximum atomic E-state index is 10.2. The van der Waals surface area contributed by atoms with Gasteiger partial charge in [0.25, 0.3) is 0 Å². The molecule has 3 heterocycles. The average Bonchev–Trinajstić information content (AvgIpc) is 3.03. The molecule has 3 rings (SSSR count). The number of aliphatic hydroxyl groups excluding tert-OH is 3. The van der Waals surface area contributed by atoms with Gasteiger partial charge in [-0.25, -0.2) is 15.0 Å². The number of aromatic nitrogens is 4. The first-order valence-electron chi connectivity index (χ1n) is 7.17. The molecule has 5 N–H and O–H groups in total. The van der Waals surface area contributed by atoms with Crippen LogP contribution in [0.5, 0.6) is 0 Å². The first-order valence-corrected chi connectivity index (χ1v) is 7.17. The topological polar surface area (TPSA) is 140 Å². The standard InChI is InChI=1S/C13H19N5O4/c1-2-3-6(19)10-8(20)9(21)13(22-10)18-5-17-7-11(14)15-4-16-12(7)18/h4-6,8-10,13,19-21H,2-3H2,1H3,(H2,14,15,16)/t6?,8-,9+,10+,13+/m0/s1. The Hall–Kier alpha value is -1.81. The van der Waals surface area contributed by atoms with E-state index in [1.54, 1.807) is 0 Å². The first kappa shape index (κ1) is 15.1. The highest BCUT2D eigenvalue weighted by atomic mass is 16.6. The summed E-state index contributed by atoms with van der Waals surface area (Å²) in [5.41, 5.74) is 6.52. The van der Waals surface area contributed by atoms with E-state index in [9.17, 15) is 15.3 Å². The first-order chi connectivity index (χ1) is 10.5. The van der Waals surface area contributed by atoms with Crippen molar-refractivity contribution in [3.05, 3.63) is 12.7 Å². The zero-order valence-electron chi connectivity index (χ0n) is 12.1. The van der Waals surface area contributed by atoms with Gasteiger partial charge in [0.15, 0.2) is 17.7 Å². The molecule has 0 radical (unpaired) electrons. The number of nitrogen functional groups attached to an aromatic ring is 1. The molecule has 1 saturated heterocycles. The summed E-state index contributed by atoms with van der Waals surface area (Å²) >= 11 is 0. The van der Waals surface area contributed by atoms with Crippen LogP contribution in [0.15, 0.2) is 12.7 Å². The van der Waals surface area contributed by atoms with Crippen LogP contribution in [0.3, 0.4) is 0 Å². The molecule has 9 nitrogen and oxygen atoms in total. The Morgan fingerprint density at radius 2 is 2.09 bits per heavy atom. The lowest BCUT2D eigenvalue weighted by Gasteiger charge is -2.20. The van der Waals surface area contributed by atoms with E-state index in [1.807, 2.05) is 6.92 Å². The number of hydrogen-bond acceptors (Lipinski definition) is 8. The Bertz CT molecular complexity index is 663. The van der Waals surface area contributed by atoms with E-state index >= 15 is 0 Å². The third-order valence-corrected chi connectivity index (χ3v) is 3.90. The van der Waals surface area contributed by atoms with Crippen LogP contribution >= 0.6 is 0 Å². The van der Waals surface area contributed by atoms with Gasteiger partial charge in [-0.05, 0) is 6.42 Å². The van der Waals surface area contributed by atoms with Crippen LogP contribution in [0.1, 0.15) is 26.0 Å². The van der Waals surface area contributed by atoms with Crippen molar-refractivity contribution in [3.63, 3.8) is 0 Å². The van der Waals surface area contributed by atoms with E-state index in [2.05, 4.69) is 15.0 Å². The summed E-state index contributed by atoms with van der Waals surface area (Å²) in [6.07, 6.45) is -1.08. The molecule has 0 saturated carbocycles. The fraction of sp³-hybridized carbons (Fsp3) is 0.615. The van der Waals surface area contributed by atoms with Crippen molar-refractivity contribution in [2.24, 2.45) is 0 Å². The average molecular weight is 309 g/mol. The van der Waals surface area contributed by atoms with Crippen LogP contribution in [0.25, 0.3) is 11.2 Å². The molecule has 0 bridgehead atoms. The Kier molecular flexibility index (Phi) is 3.96. The number of nitrogens with two attached hydrogens (primary N) is 1. The quantitative estimate of drug-likeness (QED) is 0.575. The smallest absolute Gasteiger partial charge is 0.167 e. The monoisotopic (exact) mass is 309 g/mol. The lowest BCUT2D eigenvalue weighted by Crippen LogP contribution is -2.38. The van der Waals surface area contributed by atoms with Crippen LogP contribution in [-0.2, 0) is 4.74 Å². The summed E-state index contributed by atoms with van der Waals surface area (Å²) in [4.78, 5) is 12.0. The summed E-state index contributed by atoms with van der Waals surface area (Å²) in [6, 6.07) is 0. The molecule has 1 aliphatic heterocycles. The van der Waals surface area contributed by atoms with E-state index in [0.29, 0.717) is 17.6 Å². The fourth-order valence-electron chi connectivity index (χ4n) is 2.75. The van der Waals surface area contributed by atoms with E-state index in [0.717, 1.165) is 6.42 Å². The largest absolute Gasteiger partial charge is 0.390 e. The molecular formula is C13H19N5O4. The minimum absolute atomic E-state index is 0.222. The summed E-state index contributed by atoms with van der Waals surface area (Å²) < 4.78 is 7.15. The van der Waals surface area contributed by atoms with E-state index < -0.39 is 30.6 Å². The van der Waals surface area contributed by atoms with Crippen molar-refractivity contribution in [1.29, 1.82) is 0 Å². The molecule has 0 amide bonds. The van der Waals surface area contributed by atoms with Crippen LogP contribution in [0, 0.1) is 0 Å². The van der Waals surface area contributed by atoms with Gasteiger partial charge in [0, 0.05) is 0 Å². The lowest BCUT2D eigenvalue weighted by molar-refractivity contribution is -0.0854. The SMILES string of the molecule is CCCC(O)[C@H]1O[C@@H](n2cnc3c(N)ncnc32)[C@H](O)[C@@H]1O. The van der Waals surface area contributed by atoms with Gasteiger partial charge in [-0.2, -0.15) is 0 Å². The highest BCUT2D eigenvalue weighted by Crippen LogP contribution is 2.33. The van der Waals surface area contributed by atoms with Gasteiger partial charge in [-0.3, -0.25) is 4.57 Å². The van der Waals surface area contributed by atoms with Crippen molar-refractivity contribution < 1.29 is 20.1 Å². The van der Waals surface area contributed by atoms with Gasteiger partial charge in [0.1, 0.15) is 30.2 Å². The Morgan fingerprint density at radius 3 is 2.82 bits per heavy atom. The van der Waals surface area contributed by atoms with Crippen LogP contribution in [0.4, 0.5) is 5.82 Å². The Labute approximate surface area is 126 Å². The second-order valence-electron chi connectivity index (χ2n) is 5.41. The van der Waals surface area contributed by atoms with Gasteiger partial charge < -0.3 is 25.8 Å². The maximum Gasteiger partial charge on any atom is 0.167 e. The molecule has 9 heteroatoms. The molecular weight excluding hydrogens is 290 g/mol. The zero-order chi connectivity index (χ0) is 15.9. The fourth-order valence-corrected chi connectivity index (χ4v) is 2.75. The minimum Gasteiger partial charge on any atom is -0.390 e. The number of ether oxygens (including phenoxy) is 1. The summed E-state index contributed by atoms with van der Waals surface area (Å²) in [5.74, 6) is 0.222. The lowest BCUT2D eigenvalue weighted by atomic mass is 10.0. The summed E-state index contributed by atoms with van der Waals surface area (Å²) in [5, 5.41) is 30.4. The summed E-state index contributed by atoms with van der Waals surface area (Å²) in [7, 11) is 0. The predicted molar refractivity (Wildman–Crippen MR) is 76.6 cm³/mol. The Balaban J connectivity index is 1.92. The maximum absolute atomic E-state index is 10.2. The van der Waals surface area contributed by atoms with Crippen LogP contribution in [0.2, 0.25) is 0 Å². The van der Waals surface area contributed by atoms with Crippen LogP contribution < -0.4 is 5.73 Å². The van der Waals surface area contributed by atoms with Crippen molar-refractivity contribution in [2.75, 3.05) is 5.73 Å². The second-order valence-corrected chi connectivity index (χ2v) is 5.41. The van der Waals surface area contributed by atoms with Crippen molar-refractivity contribution in [1.82, 2.24) is 19.5 Å². The number of rotatable bonds is 4. The van der Waals surface area contributed by atoms with Gasteiger partial charge >= 0.3 is 0 Å². The third kappa shape index (κ3) is 2.31. The van der Waals surface area contributed by atoms with Gasteiger partial charge in [-0.1, -0.05) is 13.3 Å². The van der Waals surface area contributed by atoms with Crippen molar-refractivity contribution in [3.8, 4) is 0 Å². The molecule has 0 aliphatic carbocycles. The molecule has 1 fully saturated rings. The highest BCUT2D eigenvalue weighted by molar-refractivity contribution is 5.81. The number of nitrogens with zero attached hydrogens (tertiary/aromatic N) is 4. The normalized spacial score (nSPS) is 30.0. The van der Waals surface area contributed by atoms with Crippen LogP contribution in [-0.4, -0.2) is 59.3 Å². The van der Waals surface area contributed by atoms with Gasteiger partial charge in [0.2, 0.25) is 0 Å². The molecule has 5 atom stereocenters. The number of anilines is 1. The predicted octanol–water partition coefficient (Wildman–Crippen LogP) is -0.811. The van der Waals surface area contributed by atoms with Crippen molar-refractivity contribution in [2.45, 2.75) is 50.4 Å². The molecule has 2 aromatic heterocycles. The molecule has 1 aliphatic rings.